The molecule has 0 fully saturated rings. The van der Waals surface area contributed by atoms with E-state index in [0.717, 1.165) is 4.57 Å². The van der Waals surface area contributed by atoms with E-state index in [2.05, 4.69) is 20.9 Å². The van der Waals surface area contributed by atoms with Crippen LogP contribution < -0.4 is 11.2 Å². The van der Waals surface area contributed by atoms with Crippen LogP contribution in [0.15, 0.2) is 32.3 Å². The van der Waals surface area contributed by atoms with Gasteiger partial charge >= 0.3 is 5.69 Å². The molecule has 0 bridgehead atoms. The Bertz CT molecular complexity index is 781. The van der Waals surface area contributed by atoms with Crippen LogP contribution in [-0.2, 0) is 0 Å². The third kappa shape index (κ3) is 2.71. The zero-order valence-corrected chi connectivity index (χ0v) is 13.8. The molecule has 0 atom stereocenters. The van der Waals surface area contributed by atoms with Crippen LogP contribution in [0.3, 0.4) is 0 Å². The quantitative estimate of drug-likeness (QED) is 0.811. The first-order chi connectivity index (χ1) is 9.32. The fourth-order valence-corrected chi connectivity index (χ4v) is 2.68. The molecule has 20 heavy (non-hydrogen) atoms. The summed E-state index contributed by atoms with van der Waals surface area (Å²) in [5.74, 6) is -0.107. The van der Waals surface area contributed by atoms with Gasteiger partial charge in [0.05, 0.1) is 16.3 Å². The molecule has 4 nitrogen and oxygen atoms in total. The molecule has 106 valence electrons. The van der Waals surface area contributed by atoms with Crippen molar-refractivity contribution in [3.63, 3.8) is 0 Å². The summed E-state index contributed by atoms with van der Waals surface area (Å²) in [7, 11) is 0. The summed E-state index contributed by atoms with van der Waals surface area (Å²) in [6.07, 6.45) is 0. The van der Waals surface area contributed by atoms with Crippen molar-refractivity contribution >= 4 is 39.1 Å². The van der Waals surface area contributed by atoms with Crippen molar-refractivity contribution in [2.24, 2.45) is 0 Å². The number of aromatic amines is 1. The van der Waals surface area contributed by atoms with Gasteiger partial charge in [0, 0.05) is 4.47 Å². The Kier molecular flexibility index (Phi) is 4.42. The molecule has 1 aromatic heterocycles. The van der Waals surface area contributed by atoms with Gasteiger partial charge in [0.2, 0.25) is 0 Å². The zero-order chi connectivity index (χ0) is 15.0. The Labute approximate surface area is 133 Å². The van der Waals surface area contributed by atoms with E-state index in [9.17, 15) is 9.59 Å². The highest BCUT2D eigenvalue weighted by Gasteiger charge is 2.17. The molecule has 0 saturated heterocycles. The Balaban J connectivity index is 2.81. The van der Waals surface area contributed by atoms with Gasteiger partial charge in [-0.2, -0.15) is 0 Å². The molecule has 0 aliphatic rings. The Morgan fingerprint density at radius 3 is 2.45 bits per heavy atom. The number of hydrogen-bond acceptors (Lipinski definition) is 2. The van der Waals surface area contributed by atoms with Crippen molar-refractivity contribution in [2.45, 2.75) is 19.8 Å². The monoisotopic (exact) mass is 376 g/mol. The van der Waals surface area contributed by atoms with Crippen molar-refractivity contribution in [3.8, 4) is 5.69 Å². The molecule has 1 N–H and O–H groups in total. The standard InChI is InChI=1S/C13H11BrCl2N2O2/c1-6(2)10-11(16)17-13(20)18(12(10)19)7-3-4-8(14)9(15)5-7/h3-6H,1-2H3,(H,17,20). The van der Waals surface area contributed by atoms with Crippen molar-refractivity contribution in [3.05, 3.63) is 59.2 Å². The van der Waals surface area contributed by atoms with E-state index in [1.165, 1.54) is 0 Å². The normalized spacial score (nSPS) is 11.1. The van der Waals surface area contributed by atoms with Gasteiger partial charge in [-0.25, -0.2) is 9.36 Å². The number of hydrogen-bond donors (Lipinski definition) is 1. The van der Waals surface area contributed by atoms with Gasteiger partial charge in [0.15, 0.2) is 0 Å². The number of nitrogens with one attached hydrogen (secondary N) is 1. The molecule has 2 aromatic rings. The predicted molar refractivity (Wildman–Crippen MR) is 84.5 cm³/mol. The topological polar surface area (TPSA) is 54.9 Å². The molecular formula is C13H11BrCl2N2O2. The largest absolute Gasteiger partial charge is 0.334 e. The second kappa shape index (κ2) is 5.76. The van der Waals surface area contributed by atoms with Crippen LogP contribution in [0.5, 0.6) is 0 Å². The highest BCUT2D eigenvalue weighted by molar-refractivity contribution is 9.10. The van der Waals surface area contributed by atoms with Gasteiger partial charge in [-0.3, -0.25) is 9.78 Å². The van der Waals surface area contributed by atoms with Crippen LogP contribution >= 0.6 is 39.1 Å². The van der Waals surface area contributed by atoms with Gasteiger partial charge in [-0.1, -0.05) is 37.0 Å². The first-order valence-electron chi connectivity index (χ1n) is 5.83. The summed E-state index contributed by atoms with van der Waals surface area (Å²) in [6.45, 7) is 3.67. The lowest BCUT2D eigenvalue weighted by atomic mass is 10.1. The number of rotatable bonds is 2. The molecule has 1 aromatic carbocycles. The van der Waals surface area contributed by atoms with Gasteiger partial charge in [0.1, 0.15) is 5.15 Å². The lowest BCUT2D eigenvalue weighted by molar-refractivity contribution is 0.777. The Hall–Kier alpha value is -1.04. The molecule has 0 saturated carbocycles. The Morgan fingerprint density at radius 2 is 1.90 bits per heavy atom. The number of aromatic nitrogens is 2. The molecule has 0 aliphatic heterocycles. The van der Waals surface area contributed by atoms with E-state index in [1.807, 2.05) is 13.8 Å². The maximum absolute atomic E-state index is 12.5. The Morgan fingerprint density at radius 1 is 1.25 bits per heavy atom. The van der Waals surface area contributed by atoms with Crippen LogP contribution in [0.1, 0.15) is 25.3 Å². The zero-order valence-electron chi connectivity index (χ0n) is 10.7. The maximum Gasteiger partial charge on any atom is 0.334 e. The van der Waals surface area contributed by atoms with E-state index in [1.54, 1.807) is 18.2 Å². The summed E-state index contributed by atoms with van der Waals surface area (Å²) >= 11 is 15.2. The number of benzene rings is 1. The average Bonchev–Trinajstić information content (AvgIpc) is 2.32. The molecule has 1 heterocycles. The molecule has 2 rings (SSSR count). The van der Waals surface area contributed by atoms with Crippen LogP contribution in [0.2, 0.25) is 10.2 Å². The number of nitrogens with zero attached hydrogens (tertiary/aromatic N) is 1. The maximum atomic E-state index is 12.5. The molecular weight excluding hydrogens is 367 g/mol. The SMILES string of the molecule is CC(C)c1c(Cl)[nH]c(=O)n(-c2ccc(Br)c(Cl)c2)c1=O. The molecule has 0 radical (unpaired) electrons. The number of halogens is 3. The van der Waals surface area contributed by atoms with Crippen molar-refractivity contribution in [1.29, 1.82) is 0 Å². The van der Waals surface area contributed by atoms with E-state index < -0.39 is 11.2 Å². The van der Waals surface area contributed by atoms with Gasteiger partial charge in [-0.05, 0) is 40.0 Å². The third-order valence-electron chi connectivity index (χ3n) is 2.83. The minimum Gasteiger partial charge on any atom is -0.297 e. The van der Waals surface area contributed by atoms with E-state index >= 15 is 0 Å². The van der Waals surface area contributed by atoms with Crippen LogP contribution in [0.25, 0.3) is 5.69 Å². The van der Waals surface area contributed by atoms with Crippen molar-refractivity contribution in [2.75, 3.05) is 0 Å². The lowest BCUT2D eigenvalue weighted by Gasteiger charge is -2.11. The van der Waals surface area contributed by atoms with Gasteiger partial charge in [-0.15, -0.1) is 0 Å². The second-order valence-corrected chi connectivity index (χ2v) is 6.19. The van der Waals surface area contributed by atoms with Crippen molar-refractivity contribution in [1.82, 2.24) is 9.55 Å². The third-order valence-corrected chi connectivity index (χ3v) is 4.36. The minimum atomic E-state index is -0.595. The summed E-state index contributed by atoms with van der Waals surface area (Å²) in [6, 6.07) is 4.85. The second-order valence-electron chi connectivity index (χ2n) is 4.55. The van der Waals surface area contributed by atoms with E-state index in [4.69, 9.17) is 23.2 Å². The molecule has 7 heteroatoms. The van der Waals surface area contributed by atoms with Crippen molar-refractivity contribution < 1.29 is 0 Å². The highest BCUT2D eigenvalue weighted by atomic mass is 79.9. The first-order valence-corrected chi connectivity index (χ1v) is 7.38. The fourth-order valence-electron chi connectivity index (χ4n) is 1.88. The fraction of sp³-hybridized carbons (Fsp3) is 0.231. The summed E-state index contributed by atoms with van der Waals surface area (Å²) in [5, 5.41) is 0.490. The first kappa shape index (κ1) is 15.4. The summed E-state index contributed by atoms with van der Waals surface area (Å²) < 4.78 is 1.71. The summed E-state index contributed by atoms with van der Waals surface area (Å²) in [4.78, 5) is 26.9. The highest BCUT2D eigenvalue weighted by Crippen LogP contribution is 2.24. The van der Waals surface area contributed by atoms with Crippen LogP contribution in [0, 0.1) is 0 Å². The number of H-pyrrole nitrogens is 1. The lowest BCUT2D eigenvalue weighted by Crippen LogP contribution is -2.36. The average molecular weight is 378 g/mol. The van der Waals surface area contributed by atoms with Crippen LogP contribution in [0.4, 0.5) is 0 Å². The van der Waals surface area contributed by atoms with E-state index in [0.29, 0.717) is 20.7 Å². The molecule has 0 unspecified atom stereocenters. The smallest absolute Gasteiger partial charge is 0.297 e. The molecule has 0 spiro atoms. The molecule has 0 aliphatic carbocycles. The van der Waals surface area contributed by atoms with Gasteiger partial charge in [0.25, 0.3) is 5.56 Å². The van der Waals surface area contributed by atoms with E-state index in [-0.39, 0.29) is 11.1 Å². The predicted octanol–water partition coefficient (Wildman–Crippen LogP) is 3.72. The van der Waals surface area contributed by atoms with Gasteiger partial charge < -0.3 is 0 Å². The molecule has 0 amide bonds. The summed E-state index contributed by atoms with van der Waals surface area (Å²) in [5.41, 5.74) is -0.275. The van der Waals surface area contributed by atoms with Crippen LogP contribution in [-0.4, -0.2) is 9.55 Å². The minimum absolute atomic E-state index is 0.0782.